The number of carbonyl (C=O) groups excluding carboxylic acids is 2. The molecule has 200 valence electrons. The quantitative estimate of drug-likeness (QED) is 0.580. The van der Waals surface area contributed by atoms with E-state index in [0.29, 0.717) is 42.4 Å². The van der Waals surface area contributed by atoms with Gasteiger partial charge in [0.2, 0.25) is 11.8 Å². The Hall–Kier alpha value is -2.22. The van der Waals surface area contributed by atoms with Crippen LogP contribution in [0.1, 0.15) is 81.9 Å². The number of aromatic nitrogens is 2. The summed E-state index contributed by atoms with van der Waals surface area (Å²) >= 11 is 0. The Balaban J connectivity index is 0.948. The van der Waals surface area contributed by atoms with Crippen LogP contribution in [0.25, 0.3) is 0 Å². The third kappa shape index (κ3) is 4.23. The summed E-state index contributed by atoms with van der Waals surface area (Å²) in [6.45, 7) is 1.66. The Morgan fingerprint density at radius 1 is 1.05 bits per heavy atom. The van der Waals surface area contributed by atoms with E-state index in [2.05, 4.69) is 20.4 Å². The van der Waals surface area contributed by atoms with Crippen LogP contribution in [0.4, 0.5) is 0 Å². The average Bonchev–Trinajstić information content (AvgIpc) is 2.86. The monoisotopic (exact) mass is 508 g/mol. The fourth-order valence-electron chi connectivity index (χ4n) is 9.81. The molecular formula is C29H40N4O4. The summed E-state index contributed by atoms with van der Waals surface area (Å²) in [6, 6.07) is 1.79. The summed E-state index contributed by atoms with van der Waals surface area (Å²) in [6.07, 6.45) is 11.8. The van der Waals surface area contributed by atoms with Gasteiger partial charge in [0.15, 0.2) is 0 Å². The fourth-order valence-corrected chi connectivity index (χ4v) is 9.81. The first kappa shape index (κ1) is 23.9. The number of fused-ring (bicyclic) bond motifs is 2. The number of hydrogen-bond donors (Lipinski definition) is 3. The van der Waals surface area contributed by atoms with Crippen molar-refractivity contribution in [2.45, 2.75) is 95.1 Å². The minimum atomic E-state index is -0.596. The third-order valence-electron chi connectivity index (χ3n) is 11.0. The van der Waals surface area contributed by atoms with Gasteiger partial charge >= 0.3 is 0 Å². The SMILES string of the molecule is O=C(NC1CCC2CN(C(=O)C34CC5CC(CC(O)(C5)C3)C4)CCC2C1)C1CCc2n[nH]c(=O)cc2C1. The standard InChI is InChI=1S/C29H40N4O4/c34-25-10-22-8-20(2-4-24(22)31-32-25)26(35)30-23-3-1-21-15-33(6-5-19(21)9-23)27(36)28-11-17-7-18(12-28)14-29(37,13-17)16-28/h10,17-21,23,37H,1-9,11-16H2,(H,30,35)(H,32,34). The maximum Gasteiger partial charge on any atom is 0.264 e. The van der Waals surface area contributed by atoms with Gasteiger partial charge in [0, 0.05) is 31.1 Å². The van der Waals surface area contributed by atoms with Gasteiger partial charge in [-0.3, -0.25) is 14.4 Å². The lowest BCUT2D eigenvalue weighted by Crippen LogP contribution is -2.62. The average molecular weight is 509 g/mol. The number of nitrogens with zero attached hydrogens (tertiary/aromatic N) is 2. The molecule has 0 radical (unpaired) electrons. The molecule has 1 aromatic rings. The van der Waals surface area contributed by atoms with Gasteiger partial charge in [-0.15, -0.1) is 0 Å². The van der Waals surface area contributed by atoms with Crippen LogP contribution in [-0.4, -0.2) is 56.8 Å². The Labute approximate surface area is 218 Å². The van der Waals surface area contributed by atoms with E-state index in [1.165, 1.54) is 6.42 Å². The van der Waals surface area contributed by atoms with Crippen molar-refractivity contribution in [2.75, 3.05) is 13.1 Å². The molecule has 37 heavy (non-hydrogen) atoms. The van der Waals surface area contributed by atoms with Gasteiger partial charge in [-0.2, -0.15) is 5.10 Å². The Bertz CT molecular complexity index is 1150. The van der Waals surface area contributed by atoms with Crippen LogP contribution in [0.3, 0.4) is 0 Å². The molecule has 6 aliphatic carbocycles. The van der Waals surface area contributed by atoms with E-state index in [4.69, 9.17) is 0 Å². The molecule has 6 fully saturated rings. The Kier molecular flexibility index (Phi) is 5.58. The molecule has 1 aromatic heterocycles. The summed E-state index contributed by atoms with van der Waals surface area (Å²) < 4.78 is 0. The van der Waals surface area contributed by atoms with Gasteiger partial charge in [-0.1, -0.05) is 0 Å². The number of amides is 2. The lowest BCUT2D eigenvalue weighted by Gasteiger charge is -2.60. The minimum Gasteiger partial charge on any atom is -0.390 e. The molecule has 6 atom stereocenters. The molecule has 2 amide bonds. The fraction of sp³-hybridized carbons (Fsp3) is 0.793. The van der Waals surface area contributed by atoms with E-state index < -0.39 is 5.60 Å². The number of rotatable bonds is 3. The molecule has 8 nitrogen and oxygen atoms in total. The molecule has 0 aromatic carbocycles. The van der Waals surface area contributed by atoms with Crippen molar-refractivity contribution in [3.8, 4) is 0 Å². The number of likely N-dealkylation sites (tertiary alicyclic amines) is 1. The lowest BCUT2D eigenvalue weighted by atomic mass is 9.47. The molecule has 0 spiro atoms. The summed E-state index contributed by atoms with van der Waals surface area (Å²) in [7, 11) is 0. The van der Waals surface area contributed by atoms with Crippen molar-refractivity contribution >= 4 is 11.8 Å². The zero-order valence-electron chi connectivity index (χ0n) is 21.7. The molecule has 8 heteroatoms. The van der Waals surface area contributed by atoms with Gasteiger partial charge in [-0.25, -0.2) is 5.10 Å². The van der Waals surface area contributed by atoms with E-state index >= 15 is 0 Å². The molecule has 7 aliphatic rings. The zero-order chi connectivity index (χ0) is 25.4. The molecule has 1 saturated heterocycles. The molecular weight excluding hydrogens is 468 g/mol. The maximum atomic E-state index is 13.9. The molecule has 2 heterocycles. The van der Waals surface area contributed by atoms with Gasteiger partial charge in [0.25, 0.3) is 5.56 Å². The zero-order valence-corrected chi connectivity index (χ0v) is 21.7. The number of H-pyrrole nitrogens is 1. The minimum absolute atomic E-state index is 0.0941. The van der Waals surface area contributed by atoms with Crippen molar-refractivity contribution in [3.05, 3.63) is 27.7 Å². The first-order valence-electron chi connectivity index (χ1n) is 14.7. The smallest absolute Gasteiger partial charge is 0.264 e. The second kappa shape index (κ2) is 8.65. The van der Waals surface area contributed by atoms with E-state index in [1.807, 2.05) is 0 Å². The summed E-state index contributed by atoms with van der Waals surface area (Å²) in [5.74, 6) is 2.48. The van der Waals surface area contributed by atoms with Crippen LogP contribution in [0, 0.1) is 35.0 Å². The van der Waals surface area contributed by atoms with Crippen LogP contribution in [0.15, 0.2) is 10.9 Å². The lowest BCUT2D eigenvalue weighted by molar-refractivity contribution is -0.188. The summed E-state index contributed by atoms with van der Waals surface area (Å²) in [5.41, 5.74) is 0.703. The van der Waals surface area contributed by atoms with Crippen LogP contribution in [0.5, 0.6) is 0 Å². The van der Waals surface area contributed by atoms with Crippen LogP contribution >= 0.6 is 0 Å². The van der Waals surface area contributed by atoms with E-state index in [1.54, 1.807) is 6.07 Å². The Morgan fingerprint density at radius 3 is 2.65 bits per heavy atom. The molecule has 5 saturated carbocycles. The van der Waals surface area contributed by atoms with Gasteiger partial charge < -0.3 is 15.3 Å². The number of nitrogens with one attached hydrogen (secondary N) is 2. The van der Waals surface area contributed by atoms with Crippen molar-refractivity contribution in [3.63, 3.8) is 0 Å². The van der Waals surface area contributed by atoms with Crippen molar-refractivity contribution in [1.82, 2.24) is 20.4 Å². The first-order chi connectivity index (χ1) is 17.8. The largest absolute Gasteiger partial charge is 0.390 e. The highest BCUT2D eigenvalue weighted by atomic mass is 16.3. The molecule has 3 N–H and O–H groups in total. The van der Waals surface area contributed by atoms with E-state index in [-0.39, 0.29) is 28.8 Å². The highest BCUT2D eigenvalue weighted by Gasteiger charge is 2.61. The second-order valence-electron chi connectivity index (χ2n) is 13.7. The first-order valence-corrected chi connectivity index (χ1v) is 14.7. The predicted octanol–water partition coefficient (Wildman–Crippen LogP) is 2.34. The number of aliphatic hydroxyl groups is 1. The van der Waals surface area contributed by atoms with Crippen molar-refractivity contribution in [2.24, 2.45) is 35.0 Å². The molecule has 6 unspecified atom stereocenters. The summed E-state index contributed by atoms with van der Waals surface area (Å²) in [5, 5.41) is 21.1. The Morgan fingerprint density at radius 2 is 1.86 bits per heavy atom. The molecule has 8 rings (SSSR count). The topological polar surface area (TPSA) is 115 Å². The third-order valence-corrected chi connectivity index (χ3v) is 11.0. The van der Waals surface area contributed by atoms with Gasteiger partial charge in [0.05, 0.1) is 16.7 Å². The number of piperidine rings is 1. The van der Waals surface area contributed by atoms with Gasteiger partial charge in [-0.05, 0) is 113 Å². The number of aromatic amines is 1. The van der Waals surface area contributed by atoms with E-state index in [9.17, 15) is 19.5 Å². The molecule has 4 bridgehead atoms. The van der Waals surface area contributed by atoms with Gasteiger partial charge in [0.1, 0.15) is 0 Å². The number of hydrogen-bond acceptors (Lipinski definition) is 5. The van der Waals surface area contributed by atoms with Crippen LogP contribution < -0.4 is 10.9 Å². The van der Waals surface area contributed by atoms with Crippen LogP contribution in [-0.2, 0) is 22.4 Å². The number of carbonyl (C=O) groups is 2. The van der Waals surface area contributed by atoms with Crippen molar-refractivity contribution < 1.29 is 14.7 Å². The highest BCUT2D eigenvalue weighted by molar-refractivity contribution is 5.83. The normalized spacial score (nSPS) is 42.1. The summed E-state index contributed by atoms with van der Waals surface area (Å²) in [4.78, 5) is 40.8. The predicted molar refractivity (Wildman–Crippen MR) is 136 cm³/mol. The van der Waals surface area contributed by atoms with E-state index in [0.717, 1.165) is 88.6 Å². The highest BCUT2D eigenvalue weighted by Crippen LogP contribution is 2.62. The molecule has 1 aliphatic heterocycles. The van der Waals surface area contributed by atoms with Crippen molar-refractivity contribution in [1.29, 1.82) is 0 Å². The number of aryl methyl sites for hydroxylation is 1. The second-order valence-corrected chi connectivity index (χ2v) is 13.7. The van der Waals surface area contributed by atoms with Crippen LogP contribution in [0.2, 0.25) is 0 Å². The maximum absolute atomic E-state index is 13.9.